The van der Waals surface area contributed by atoms with Crippen molar-refractivity contribution in [2.24, 2.45) is 5.92 Å². The Balaban J connectivity index is 1.81. The van der Waals surface area contributed by atoms with Crippen LogP contribution >= 0.6 is 12.2 Å². The summed E-state index contributed by atoms with van der Waals surface area (Å²) in [6.45, 7) is 6.43. The van der Waals surface area contributed by atoms with Crippen LogP contribution in [0.5, 0.6) is 5.75 Å². The summed E-state index contributed by atoms with van der Waals surface area (Å²) in [6.07, 6.45) is 1.56. The first-order chi connectivity index (χ1) is 11.1. The van der Waals surface area contributed by atoms with E-state index in [1.165, 1.54) is 0 Å². The first-order valence-corrected chi connectivity index (χ1v) is 8.50. The first-order valence-electron chi connectivity index (χ1n) is 8.09. The van der Waals surface area contributed by atoms with Gasteiger partial charge in [-0.2, -0.15) is 0 Å². The summed E-state index contributed by atoms with van der Waals surface area (Å²) < 4.78 is 10.5. The lowest BCUT2D eigenvalue weighted by Crippen LogP contribution is -2.42. The minimum Gasteiger partial charge on any atom is -0.494 e. The van der Waals surface area contributed by atoms with Crippen LogP contribution in [0, 0.1) is 5.92 Å². The van der Waals surface area contributed by atoms with E-state index < -0.39 is 0 Å². The highest BCUT2D eigenvalue weighted by Gasteiger charge is 2.26. The van der Waals surface area contributed by atoms with E-state index in [9.17, 15) is 4.79 Å². The van der Waals surface area contributed by atoms with Gasteiger partial charge in [-0.1, -0.05) is 0 Å². The molecule has 1 fully saturated rings. The van der Waals surface area contributed by atoms with Crippen LogP contribution < -0.4 is 10.1 Å². The van der Waals surface area contributed by atoms with Crippen molar-refractivity contribution in [2.45, 2.75) is 26.7 Å². The number of carbonyl (C=O) groups excluding carboxylic acids is 1. The van der Waals surface area contributed by atoms with E-state index in [0.717, 1.165) is 37.4 Å². The lowest BCUT2D eigenvalue weighted by Gasteiger charge is -2.32. The minimum absolute atomic E-state index is 0.000485. The monoisotopic (exact) mass is 336 g/mol. The number of likely N-dealkylation sites (tertiary alicyclic amines) is 1. The number of ether oxygens (including phenoxy) is 2. The van der Waals surface area contributed by atoms with Crippen molar-refractivity contribution in [3.05, 3.63) is 24.3 Å². The Bertz CT molecular complexity index is 525. The molecule has 0 spiro atoms. The lowest BCUT2D eigenvalue weighted by molar-refractivity contribution is -0.149. The average molecular weight is 336 g/mol. The second-order valence-corrected chi connectivity index (χ2v) is 5.79. The Morgan fingerprint density at radius 1 is 1.22 bits per heavy atom. The molecule has 0 amide bonds. The Morgan fingerprint density at radius 3 is 2.43 bits per heavy atom. The molecular formula is C17H24N2O3S. The van der Waals surface area contributed by atoms with Gasteiger partial charge in [-0.05, 0) is 63.2 Å². The molecule has 23 heavy (non-hydrogen) atoms. The number of rotatable bonds is 5. The van der Waals surface area contributed by atoms with Crippen molar-refractivity contribution < 1.29 is 14.3 Å². The van der Waals surface area contributed by atoms with Gasteiger partial charge in [-0.25, -0.2) is 0 Å². The lowest BCUT2D eigenvalue weighted by atomic mass is 9.97. The fourth-order valence-electron chi connectivity index (χ4n) is 2.58. The van der Waals surface area contributed by atoms with Crippen LogP contribution in [0.2, 0.25) is 0 Å². The summed E-state index contributed by atoms with van der Waals surface area (Å²) >= 11 is 5.46. The van der Waals surface area contributed by atoms with Crippen molar-refractivity contribution in [3.63, 3.8) is 0 Å². The zero-order valence-corrected chi connectivity index (χ0v) is 14.5. The van der Waals surface area contributed by atoms with Crippen LogP contribution in [0.15, 0.2) is 24.3 Å². The number of piperidine rings is 1. The smallest absolute Gasteiger partial charge is 0.309 e. The van der Waals surface area contributed by atoms with Crippen molar-refractivity contribution in [1.82, 2.24) is 4.90 Å². The number of hydrogen-bond donors (Lipinski definition) is 1. The van der Waals surface area contributed by atoms with Crippen molar-refractivity contribution in [1.29, 1.82) is 0 Å². The highest BCUT2D eigenvalue weighted by atomic mass is 32.1. The largest absolute Gasteiger partial charge is 0.494 e. The summed E-state index contributed by atoms with van der Waals surface area (Å²) in [5.74, 6) is 0.760. The van der Waals surface area contributed by atoms with Gasteiger partial charge in [0.1, 0.15) is 5.75 Å². The number of esters is 1. The maximum absolute atomic E-state index is 11.7. The van der Waals surface area contributed by atoms with Crippen LogP contribution in [0.1, 0.15) is 26.7 Å². The number of thiocarbonyl (C=S) groups is 1. The molecule has 1 heterocycles. The van der Waals surface area contributed by atoms with E-state index >= 15 is 0 Å². The zero-order chi connectivity index (χ0) is 16.7. The molecule has 2 rings (SSSR count). The fraction of sp³-hybridized carbons (Fsp3) is 0.529. The molecule has 0 aromatic heterocycles. The van der Waals surface area contributed by atoms with Gasteiger partial charge in [0.25, 0.3) is 0 Å². The standard InChI is InChI=1S/C17H24N2O3S/c1-3-21-15-7-5-14(6-8-15)18-17(23)19-11-9-13(10-12-19)16(20)22-4-2/h5-8,13H,3-4,9-12H2,1-2H3,(H,18,23). The maximum Gasteiger partial charge on any atom is 0.309 e. The van der Waals surface area contributed by atoms with E-state index in [4.69, 9.17) is 21.7 Å². The van der Waals surface area contributed by atoms with E-state index in [1.54, 1.807) is 0 Å². The fourth-order valence-corrected chi connectivity index (χ4v) is 2.88. The highest BCUT2D eigenvalue weighted by Crippen LogP contribution is 2.20. The quantitative estimate of drug-likeness (QED) is 0.659. The molecule has 5 nitrogen and oxygen atoms in total. The molecule has 0 atom stereocenters. The second kappa shape index (κ2) is 8.72. The predicted octanol–water partition coefficient (Wildman–Crippen LogP) is 3.06. The summed E-state index contributed by atoms with van der Waals surface area (Å²) in [7, 11) is 0. The van der Waals surface area contributed by atoms with E-state index in [-0.39, 0.29) is 11.9 Å². The van der Waals surface area contributed by atoms with Crippen LogP contribution in [-0.4, -0.2) is 42.3 Å². The minimum atomic E-state index is -0.0856. The van der Waals surface area contributed by atoms with E-state index in [1.807, 2.05) is 38.1 Å². The normalized spacial score (nSPS) is 15.1. The molecule has 0 saturated carbocycles. The van der Waals surface area contributed by atoms with Crippen molar-refractivity contribution in [2.75, 3.05) is 31.6 Å². The van der Waals surface area contributed by atoms with Crippen molar-refractivity contribution >= 4 is 29.0 Å². The van der Waals surface area contributed by atoms with Gasteiger partial charge in [-0.15, -0.1) is 0 Å². The molecule has 1 N–H and O–H groups in total. The number of hydrogen-bond acceptors (Lipinski definition) is 4. The molecule has 0 unspecified atom stereocenters. The van der Waals surface area contributed by atoms with Crippen molar-refractivity contribution in [3.8, 4) is 5.75 Å². The van der Waals surface area contributed by atoms with E-state index in [0.29, 0.717) is 18.3 Å². The summed E-state index contributed by atoms with van der Waals surface area (Å²) in [4.78, 5) is 13.8. The van der Waals surface area contributed by atoms with Crippen LogP contribution in [0.25, 0.3) is 0 Å². The molecule has 6 heteroatoms. The van der Waals surface area contributed by atoms with Crippen LogP contribution in [0.3, 0.4) is 0 Å². The molecule has 1 aliphatic heterocycles. The van der Waals surface area contributed by atoms with E-state index in [2.05, 4.69) is 10.2 Å². The Hall–Kier alpha value is -1.82. The van der Waals surface area contributed by atoms with Gasteiger partial charge in [-0.3, -0.25) is 4.79 Å². The number of anilines is 1. The van der Waals surface area contributed by atoms with Gasteiger partial charge in [0.15, 0.2) is 5.11 Å². The van der Waals surface area contributed by atoms with Gasteiger partial charge in [0.05, 0.1) is 19.1 Å². The van der Waals surface area contributed by atoms with Gasteiger partial charge in [0.2, 0.25) is 0 Å². The molecular weight excluding hydrogens is 312 g/mol. The van der Waals surface area contributed by atoms with Crippen LogP contribution in [0.4, 0.5) is 5.69 Å². The number of benzene rings is 1. The molecule has 0 radical (unpaired) electrons. The number of nitrogens with zero attached hydrogens (tertiary/aromatic N) is 1. The summed E-state index contributed by atoms with van der Waals surface area (Å²) in [6, 6.07) is 7.73. The Kier molecular flexibility index (Phi) is 6.65. The summed E-state index contributed by atoms with van der Waals surface area (Å²) in [5.41, 5.74) is 0.936. The Labute approximate surface area is 142 Å². The molecule has 1 aromatic rings. The third kappa shape index (κ3) is 5.10. The van der Waals surface area contributed by atoms with Gasteiger partial charge >= 0.3 is 5.97 Å². The topological polar surface area (TPSA) is 50.8 Å². The van der Waals surface area contributed by atoms with Gasteiger partial charge in [0, 0.05) is 18.8 Å². The Morgan fingerprint density at radius 2 is 1.87 bits per heavy atom. The number of nitrogens with one attached hydrogen (secondary N) is 1. The SMILES string of the molecule is CCOC(=O)C1CCN(C(=S)Nc2ccc(OCC)cc2)CC1. The predicted molar refractivity (Wildman–Crippen MR) is 94.8 cm³/mol. The summed E-state index contributed by atoms with van der Waals surface area (Å²) in [5, 5.41) is 3.93. The highest BCUT2D eigenvalue weighted by molar-refractivity contribution is 7.80. The third-order valence-corrected chi connectivity index (χ3v) is 4.18. The molecule has 1 aromatic carbocycles. The van der Waals surface area contributed by atoms with Gasteiger partial charge < -0.3 is 19.7 Å². The maximum atomic E-state index is 11.7. The first kappa shape index (κ1) is 17.5. The molecule has 126 valence electrons. The van der Waals surface area contributed by atoms with Crippen LogP contribution in [-0.2, 0) is 9.53 Å². The second-order valence-electron chi connectivity index (χ2n) is 5.40. The molecule has 1 saturated heterocycles. The molecule has 1 aliphatic rings. The molecule has 0 bridgehead atoms. The third-order valence-electron chi connectivity index (χ3n) is 3.82. The molecule has 0 aliphatic carbocycles. The zero-order valence-electron chi connectivity index (χ0n) is 13.7. The average Bonchev–Trinajstić information content (AvgIpc) is 2.57. The number of carbonyl (C=O) groups is 1.